The van der Waals surface area contributed by atoms with Crippen LogP contribution in [0.25, 0.3) is 26.1 Å². The van der Waals surface area contributed by atoms with Gasteiger partial charge in [0.1, 0.15) is 10.4 Å². The normalized spacial score (nSPS) is 20.5. The molecule has 0 aliphatic carbocycles. The Morgan fingerprint density at radius 3 is 2.66 bits per heavy atom. The number of nitrogens with zero attached hydrogens (tertiary/aromatic N) is 6. The Hall–Kier alpha value is -3.08. The Morgan fingerprint density at radius 2 is 1.91 bits per heavy atom. The Morgan fingerprint density at radius 1 is 1.17 bits per heavy atom. The molecule has 10 heteroatoms. The van der Waals surface area contributed by atoms with Crippen molar-refractivity contribution >= 4 is 49.3 Å². The van der Waals surface area contributed by atoms with Crippen molar-refractivity contribution in [1.82, 2.24) is 29.5 Å². The van der Waals surface area contributed by atoms with Gasteiger partial charge in [0.05, 0.1) is 15.6 Å². The number of rotatable bonds is 5. The predicted octanol–water partition coefficient (Wildman–Crippen LogP) is 1.75. The highest BCUT2D eigenvalue weighted by Crippen LogP contribution is 2.34. The average Bonchev–Trinajstić information content (AvgIpc) is 3.49. The first-order valence-corrected chi connectivity index (χ1v) is 12.8. The Labute approximate surface area is 207 Å². The minimum absolute atomic E-state index is 0.160. The third-order valence-electron chi connectivity index (χ3n) is 7.19. The number of nitrogens with one attached hydrogen (secondary N) is 1. The lowest BCUT2D eigenvalue weighted by Crippen LogP contribution is -2.34. The third kappa shape index (κ3) is 3.76. The van der Waals surface area contributed by atoms with E-state index in [0.29, 0.717) is 46.7 Å². The summed E-state index contributed by atoms with van der Waals surface area (Å²) < 4.78 is 2.97. The monoisotopic (exact) mass is 491 g/mol. The number of benzene rings is 1. The molecule has 1 N–H and O–H groups in total. The minimum Gasteiger partial charge on any atom is -0.351 e. The molecule has 35 heavy (non-hydrogen) atoms. The molecule has 1 amide bonds. The number of amides is 1. The van der Waals surface area contributed by atoms with E-state index in [4.69, 9.17) is 4.98 Å². The van der Waals surface area contributed by atoms with Crippen molar-refractivity contribution in [3.63, 3.8) is 0 Å². The lowest BCUT2D eigenvalue weighted by atomic mass is 10.0. The van der Waals surface area contributed by atoms with E-state index in [1.165, 1.54) is 11.3 Å². The summed E-state index contributed by atoms with van der Waals surface area (Å²) in [5, 5.41) is 3.28. The van der Waals surface area contributed by atoms with Crippen LogP contribution in [-0.4, -0.2) is 90.5 Å². The lowest BCUT2D eigenvalue weighted by Gasteiger charge is -2.19. The van der Waals surface area contributed by atoms with Crippen molar-refractivity contribution < 1.29 is 4.79 Å². The predicted molar refractivity (Wildman–Crippen MR) is 140 cm³/mol. The van der Waals surface area contributed by atoms with Crippen LogP contribution in [0.1, 0.15) is 10.4 Å². The average molecular weight is 492 g/mol. The van der Waals surface area contributed by atoms with Crippen LogP contribution < -0.4 is 15.6 Å². The number of carbonyl (C=O) groups excluding carboxylic acids is 1. The molecule has 2 aliphatic rings. The maximum Gasteiger partial charge on any atom is 0.258 e. The zero-order valence-corrected chi connectivity index (χ0v) is 21.0. The molecule has 9 nitrogen and oxygen atoms in total. The van der Waals surface area contributed by atoms with Crippen molar-refractivity contribution in [3.8, 4) is 0 Å². The van der Waals surface area contributed by atoms with Gasteiger partial charge >= 0.3 is 0 Å². The van der Waals surface area contributed by atoms with Crippen molar-refractivity contribution in [2.24, 2.45) is 11.8 Å². The standard InChI is InChI=1S/C25H29N7O2S/c1-29(2)9-8-26-23(34)20-21(33)17-10-27-25(31-13-15-11-30(3)12-16(15)14-31)28-22(17)32-18-6-4-5-7-19(18)35-24(20)32/h4-7,10,15-16H,8-9,11-14H2,1-3H3,(H,26,34). The van der Waals surface area contributed by atoms with Gasteiger partial charge in [-0.2, -0.15) is 4.98 Å². The number of hydrogen-bond acceptors (Lipinski definition) is 8. The number of fused-ring (bicyclic) bond motifs is 6. The maximum atomic E-state index is 13.6. The zero-order valence-electron chi connectivity index (χ0n) is 20.2. The first-order chi connectivity index (χ1) is 16.9. The minimum atomic E-state index is -0.358. The van der Waals surface area contributed by atoms with Crippen LogP contribution in [0, 0.1) is 11.8 Å². The molecule has 2 atom stereocenters. The van der Waals surface area contributed by atoms with Crippen LogP contribution in [0.2, 0.25) is 0 Å². The number of para-hydroxylation sites is 1. The van der Waals surface area contributed by atoms with E-state index >= 15 is 0 Å². The fourth-order valence-electron chi connectivity index (χ4n) is 5.51. The van der Waals surface area contributed by atoms with Crippen LogP contribution in [0.5, 0.6) is 0 Å². The van der Waals surface area contributed by atoms with Crippen LogP contribution in [0.15, 0.2) is 35.3 Å². The Bertz CT molecular complexity index is 1500. The summed E-state index contributed by atoms with van der Waals surface area (Å²) >= 11 is 1.45. The Balaban J connectivity index is 1.49. The molecule has 0 bridgehead atoms. The number of hydrogen-bond donors (Lipinski definition) is 1. The molecule has 182 valence electrons. The van der Waals surface area contributed by atoms with Gasteiger partial charge in [-0.15, -0.1) is 11.3 Å². The van der Waals surface area contributed by atoms with E-state index in [2.05, 4.69) is 27.1 Å². The van der Waals surface area contributed by atoms with E-state index < -0.39 is 0 Å². The molecule has 2 unspecified atom stereocenters. The number of likely N-dealkylation sites (tertiary alicyclic amines) is 1. The van der Waals surface area contributed by atoms with Gasteiger partial charge in [0.2, 0.25) is 11.4 Å². The first kappa shape index (κ1) is 22.4. The zero-order chi connectivity index (χ0) is 24.3. The molecule has 2 fully saturated rings. The molecule has 0 radical (unpaired) electrons. The summed E-state index contributed by atoms with van der Waals surface area (Å²) in [6, 6.07) is 7.96. The van der Waals surface area contributed by atoms with Crippen LogP contribution in [-0.2, 0) is 0 Å². The highest BCUT2D eigenvalue weighted by Gasteiger charge is 2.39. The van der Waals surface area contributed by atoms with Gasteiger partial charge in [0.25, 0.3) is 5.91 Å². The van der Waals surface area contributed by atoms with E-state index in [1.807, 2.05) is 47.7 Å². The second-order valence-electron chi connectivity index (χ2n) is 10.0. The smallest absolute Gasteiger partial charge is 0.258 e. The second kappa shape index (κ2) is 8.54. The number of pyridine rings is 1. The van der Waals surface area contributed by atoms with Crippen LogP contribution >= 0.6 is 11.3 Å². The fourth-order valence-corrected chi connectivity index (χ4v) is 6.69. The molecule has 2 aliphatic heterocycles. The number of aromatic nitrogens is 3. The lowest BCUT2D eigenvalue weighted by molar-refractivity contribution is 0.0951. The topological polar surface area (TPSA) is 86.1 Å². The maximum absolute atomic E-state index is 13.6. The number of likely N-dealkylation sites (N-methyl/N-ethyl adjacent to an activating group) is 1. The van der Waals surface area contributed by atoms with Crippen molar-refractivity contribution in [3.05, 3.63) is 46.2 Å². The summed E-state index contributed by atoms with van der Waals surface area (Å²) in [4.78, 5) is 43.6. The Kier molecular flexibility index (Phi) is 5.46. The van der Waals surface area contributed by atoms with E-state index in [9.17, 15) is 9.59 Å². The molecule has 4 aromatic rings. The van der Waals surface area contributed by atoms with E-state index in [-0.39, 0.29) is 16.9 Å². The largest absolute Gasteiger partial charge is 0.351 e. The van der Waals surface area contributed by atoms with Crippen LogP contribution in [0.4, 0.5) is 5.95 Å². The summed E-state index contributed by atoms with van der Waals surface area (Å²) in [5.74, 6) is 1.54. The summed E-state index contributed by atoms with van der Waals surface area (Å²) in [6.07, 6.45) is 1.61. The fraction of sp³-hybridized carbons (Fsp3) is 0.440. The van der Waals surface area contributed by atoms with E-state index in [0.717, 1.165) is 36.4 Å². The highest BCUT2D eigenvalue weighted by molar-refractivity contribution is 7.24. The van der Waals surface area contributed by atoms with Gasteiger partial charge in [0.15, 0.2) is 5.65 Å². The molecule has 0 spiro atoms. The molecule has 3 aromatic heterocycles. The van der Waals surface area contributed by atoms with Gasteiger partial charge in [0, 0.05) is 45.5 Å². The van der Waals surface area contributed by atoms with Crippen LogP contribution in [0.3, 0.4) is 0 Å². The summed E-state index contributed by atoms with van der Waals surface area (Å²) in [7, 11) is 6.07. The molecule has 2 saturated heterocycles. The van der Waals surface area contributed by atoms with Crippen molar-refractivity contribution in [2.75, 3.05) is 65.3 Å². The molecule has 1 aromatic carbocycles. The molecule has 6 rings (SSSR count). The molecular formula is C25H29N7O2S. The molecule has 0 saturated carbocycles. The van der Waals surface area contributed by atoms with Crippen molar-refractivity contribution in [1.29, 1.82) is 0 Å². The van der Waals surface area contributed by atoms with Gasteiger partial charge in [-0.25, -0.2) is 4.98 Å². The molecule has 5 heterocycles. The van der Waals surface area contributed by atoms with Gasteiger partial charge in [-0.3, -0.25) is 14.0 Å². The highest BCUT2D eigenvalue weighted by atomic mass is 32.1. The quantitative estimate of drug-likeness (QED) is 0.455. The third-order valence-corrected chi connectivity index (χ3v) is 8.34. The first-order valence-electron chi connectivity index (χ1n) is 12.0. The SMILES string of the molecule is CN(C)CCNC(=O)c1c(=O)c2cnc(N3CC4CN(C)CC4C3)nc2n2c1sc1ccccc12. The van der Waals surface area contributed by atoms with E-state index in [1.54, 1.807) is 6.20 Å². The summed E-state index contributed by atoms with van der Waals surface area (Å²) in [6.45, 7) is 5.20. The number of carbonyl (C=O) groups is 1. The number of thiazole rings is 1. The van der Waals surface area contributed by atoms with Gasteiger partial charge < -0.3 is 20.0 Å². The van der Waals surface area contributed by atoms with Crippen molar-refractivity contribution in [2.45, 2.75) is 0 Å². The second-order valence-corrected chi connectivity index (χ2v) is 11.1. The van der Waals surface area contributed by atoms with Gasteiger partial charge in [-0.1, -0.05) is 12.1 Å². The number of anilines is 1. The summed E-state index contributed by atoms with van der Waals surface area (Å²) in [5.41, 5.74) is 1.34. The molecular weight excluding hydrogens is 462 g/mol. The van der Waals surface area contributed by atoms with Gasteiger partial charge in [-0.05, 0) is 45.1 Å².